The highest BCUT2D eigenvalue weighted by Gasteiger charge is 2.15. The van der Waals surface area contributed by atoms with Crippen molar-refractivity contribution in [2.75, 3.05) is 31.2 Å². The Labute approximate surface area is 114 Å². The maximum Gasteiger partial charge on any atom is 0.152 e. The molecule has 2 rings (SSSR count). The van der Waals surface area contributed by atoms with E-state index >= 15 is 0 Å². The Hall–Kier alpha value is -1.59. The summed E-state index contributed by atoms with van der Waals surface area (Å²) in [6.07, 6.45) is 2.00. The third kappa shape index (κ3) is 2.88. The van der Waals surface area contributed by atoms with E-state index in [0.717, 1.165) is 36.9 Å². The van der Waals surface area contributed by atoms with E-state index in [9.17, 15) is 0 Å². The first-order chi connectivity index (χ1) is 9.31. The molecule has 0 amide bonds. The zero-order chi connectivity index (χ0) is 13.7. The maximum atomic E-state index is 5.89. The van der Waals surface area contributed by atoms with Crippen LogP contribution in [-0.2, 0) is 11.3 Å². The fourth-order valence-corrected chi connectivity index (χ4v) is 2.21. The highest BCUT2D eigenvalue weighted by Crippen LogP contribution is 2.21. The fraction of sp³-hybridized carbons (Fsp3) is 0.500. The number of pyridine rings is 1. The summed E-state index contributed by atoms with van der Waals surface area (Å²) in [5.74, 6) is 0.968. The molecule has 2 N–H and O–H groups in total. The Morgan fingerprint density at radius 3 is 2.89 bits per heavy atom. The fourth-order valence-electron chi connectivity index (χ4n) is 2.21. The summed E-state index contributed by atoms with van der Waals surface area (Å²) in [7, 11) is 0. The molecular formula is C14H22N4O. The van der Waals surface area contributed by atoms with E-state index in [-0.39, 0.29) is 0 Å². The van der Waals surface area contributed by atoms with Gasteiger partial charge in [-0.2, -0.15) is 0 Å². The summed E-state index contributed by atoms with van der Waals surface area (Å²) < 4.78 is 7.48. The van der Waals surface area contributed by atoms with Gasteiger partial charge in [-0.25, -0.2) is 4.98 Å². The summed E-state index contributed by atoms with van der Waals surface area (Å²) >= 11 is 0. The number of imidazole rings is 1. The van der Waals surface area contributed by atoms with Crippen LogP contribution in [0.5, 0.6) is 0 Å². The monoisotopic (exact) mass is 262 g/mol. The largest absolute Gasteiger partial charge is 0.380 e. The van der Waals surface area contributed by atoms with Gasteiger partial charge in [0.25, 0.3) is 0 Å². The van der Waals surface area contributed by atoms with E-state index in [1.54, 1.807) is 0 Å². The summed E-state index contributed by atoms with van der Waals surface area (Å²) in [4.78, 5) is 6.90. The smallest absolute Gasteiger partial charge is 0.152 e. The Balaban J connectivity index is 2.30. The van der Waals surface area contributed by atoms with Crippen molar-refractivity contribution in [3.63, 3.8) is 0 Å². The van der Waals surface area contributed by atoms with Crippen LogP contribution in [0.4, 0.5) is 5.82 Å². The van der Waals surface area contributed by atoms with Crippen LogP contribution in [0.15, 0.2) is 24.4 Å². The highest BCUT2D eigenvalue weighted by atomic mass is 16.5. The van der Waals surface area contributed by atoms with Gasteiger partial charge in [-0.1, -0.05) is 6.07 Å². The summed E-state index contributed by atoms with van der Waals surface area (Å²) in [5.41, 5.74) is 7.88. The standard InChI is InChI=1S/C14H22N4O/c1-3-17(9-10-19-4-2)14-12(11-15)18-8-6-5-7-13(18)16-14/h5-8H,3-4,9-11,15H2,1-2H3. The lowest BCUT2D eigenvalue weighted by atomic mass is 10.3. The Kier molecular flexibility index (Phi) is 4.76. The molecule has 0 unspecified atom stereocenters. The van der Waals surface area contributed by atoms with E-state index in [1.807, 2.05) is 31.3 Å². The molecule has 0 aliphatic rings. The number of nitrogens with zero attached hydrogens (tertiary/aromatic N) is 3. The lowest BCUT2D eigenvalue weighted by molar-refractivity contribution is 0.154. The zero-order valence-electron chi connectivity index (χ0n) is 11.7. The molecule has 0 atom stereocenters. The Bertz CT molecular complexity index is 523. The van der Waals surface area contributed by atoms with Crippen molar-refractivity contribution >= 4 is 11.5 Å². The molecule has 19 heavy (non-hydrogen) atoms. The molecule has 2 heterocycles. The number of fused-ring (bicyclic) bond motifs is 1. The number of aromatic nitrogens is 2. The number of nitrogens with two attached hydrogens (primary N) is 1. The van der Waals surface area contributed by atoms with Gasteiger partial charge in [0.1, 0.15) is 5.65 Å². The molecule has 2 aromatic rings. The lowest BCUT2D eigenvalue weighted by Crippen LogP contribution is -2.28. The van der Waals surface area contributed by atoms with Gasteiger partial charge in [-0.15, -0.1) is 0 Å². The second-order valence-electron chi connectivity index (χ2n) is 4.29. The molecule has 0 aliphatic carbocycles. The van der Waals surface area contributed by atoms with Crippen molar-refractivity contribution < 1.29 is 4.74 Å². The molecule has 5 nitrogen and oxygen atoms in total. The van der Waals surface area contributed by atoms with Crippen LogP contribution in [0.3, 0.4) is 0 Å². The van der Waals surface area contributed by atoms with Crippen molar-refractivity contribution in [3.8, 4) is 0 Å². The SMILES string of the molecule is CCOCCN(CC)c1nc2ccccn2c1CN. The predicted octanol–water partition coefficient (Wildman–Crippen LogP) is 1.66. The van der Waals surface area contributed by atoms with E-state index < -0.39 is 0 Å². The molecule has 0 aliphatic heterocycles. The van der Waals surface area contributed by atoms with E-state index in [0.29, 0.717) is 13.2 Å². The molecule has 5 heteroatoms. The van der Waals surface area contributed by atoms with Crippen LogP contribution >= 0.6 is 0 Å². The van der Waals surface area contributed by atoms with Crippen LogP contribution in [0.2, 0.25) is 0 Å². The number of ether oxygens (including phenoxy) is 1. The molecule has 0 saturated carbocycles. The van der Waals surface area contributed by atoms with Gasteiger partial charge in [0.2, 0.25) is 0 Å². The van der Waals surface area contributed by atoms with Crippen LogP contribution < -0.4 is 10.6 Å². The first kappa shape index (κ1) is 13.8. The quantitative estimate of drug-likeness (QED) is 0.771. The molecule has 0 aromatic carbocycles. The minimum atomic E-state index is 0.478. The zero-order valence-corrected chi connectivity index (χ0v) is 11.7. The average Bonchev–Trinajstić information content (AvgIpc) is 2.82. The molecule has 0 saturated heterocycles. The van der Waals surface area contributed by atoms with Crippen LogP contribution in [-0.4, -0.2) is 35.7 Å². The van der Waals surface area contributed by atoms with Gasteiger partial charge < -0.3 is 19.8 Å². The third-order valence-corrected chi connectivity index (χ3v) is 3.19. The first-order valence-corrected chi connectivity index (χ1v) is 6.80. The highest BCUT2D eigenvalue weighted by molar-refractivity contribution is 5.55. The lowest BCUT2D eigenvalue weighted by Gasteiger charge is -2.21. The molecule has 0 spiro atoms. The van der Waals surface area contributed by atoms with Gasteiger partial charge in [0.15, 0.2) is 5.82 Å². The van der Waals surface area contributed by atoms with Crippen molar-refractivity contribution in [2.24, 2.45) is 5.73 Å². The predicted molar refractivity (Wildman–Crippen MR) is 77.5 cm³/mol. The number of likely N-dealkylation sites (N-methyl/N-ethyl adjacent to an activating group) is 1. The first-order valence-electron chi connectivity index (χ1n) is 6.80. The van der Waals surface area contributed by atoms with Crippen molar-refractivity contribution in [1.29, 1.82) is 0 Å². The van der Waals surface area contributed by atoms with Gasteiger partial charge in [-0.05, 0) is 26.0 Å². The Morgan fingerprint density at radius 2 is 2.21 bits per heavy atom. The Morgan fingerprint density at radius 1 is 1.37 bits per heavy atom. The second-order valence-corrected chi connectivity index (χ2v) is 4.29. The van der Waals surface area contributed by atoms with Crippen LogP contribution in [0, 0.1) is 0 Å². The van der Waals surface area contributed by atoms with Gasteiger partial charge in [0, 0.05) is 32.4 Å². The normalized spacial score (nSPS) is 11.1. The minimum Gasteiger partial charge on any atom is -0.380 e. The third-order valence-electron chi connectivity index (χ3n) is 3.19. The second kappa shape index (κ2) is 6.54. The van der Waals surface area contributed by atoms with Crippen LogP contribution in [0.1, 0.15) is 19.5 Å². The number of hydrogen-bond acceptors (Lipinski definition) is 4. The van der Waals surface area contributed by atoms with Crippen LogP contribution in [0.25, 0.3) is 5.65 Å². The topological polar surface area (TPSA) is 55.8 Å². The van der Waals surface area contributed by atoms with Gasteiger partial charge in [0.05, 0.1) is 12.3 Å². The maximum absolute atomic E-state index is 5.89. The molecule has 0 fully saturated rings. The molecule has 0 bridgehead atoms. The molecule has 2 aromatic heterocycles. The number of hydrogen-bond donors (Lipinski definition) is 1. The minimum absolute atomic E-state index is 0.478. The molecular weight excluding hydrogens is 240 g/mol. The van der Waals surface area contributed by atoms with Crippen molar-refractivity contribution in [3.05, 3.63) is 30.1 Å². The van der Waals surface area contributed by atoms with Gasteiger partial charge in [-0.3, -0.25) is 0 Å². The van der Waals surface area contributed by atoms with Crippen molar-refractivity contribution in [2.45, 2.75) is 20.4 Å². The van der Waals surface area contributed by atoms with Crippen molar-refractivity contribution in [1.82, 2.24) is 9.38 Å². The summed E-state index contributed by atoms with van der Waals surface area (Å²) in [6, 6.07) is 5.98. The van der Waals surface area contributed by atoms with E-state index in [1.165, 1.54) is 0 Å². The summed E-state index contributed by atoms with van der Waals surface area (Å²) in [5, 5.41) is 0. The molecule has 104 valence electrons. The van der Waals surface area contributed by atoms with E-state index in [4.69, 9.17) is 10.5 Å². The number of rotatable bonds is 7. The average molecular weight is 262 g/mol. The summed E-state index contributed by atoms with van der Waals surface area (Å²) in [6.45, 7) is 7.79. The van der Waals surface area contributed by atoms with E-state index in [2.05, 4.69) is 21.2 Å². The molecule has 0 radical (unpaired) electrons. The van der Waals surface area contributed by atoms with Gasteiger partial charge >= 0.3 is 0 Å². The number of anilines is 1.